The van der Waals surface area contributed by atoms with Crippen molar-refractivity contribution in [2.45, 2.75) is 6.54 Å². The van der Waals surface area contributed by atoms with Crippen molar-refractivity contribution in [3.05, 3.63) is 66.0 Å². The smallest absolute Gasteiger partial charge is 0.260 e. The van der Waals surface area contributed by atoms with Crippen LogP contribution in [0.3, 0.4) is 0 Å². The average Bonchev–Trinajstić information content (AvgIpc) is 2.58. The zero-order valence-corrected chi connectivity index (χ0v) is 14.1. The minimum atomic E-state index is -0.465. The highest BCUT2D eigenvalue weighted by Gasteiger charge is 2.16. The Hall–Kier alpha value is -2.40. The Labute approximate surface area is 142 Å². The van der Waals surface area contributed by atoms with Crippen molar-refractivity contribution in [3.63, 3.8) is 0 Å². The van der Waals surface area contributed by atoms with Crippen LogP contribution >= 0.6 is 0 Å². The third-order valence-corrected chi connectivity index (χ3v) is 3.57. The number of benzene rings is 2. The topological polar surface area (TPSA) is 32.8 Å². The van der Waals surface area contributed by atoms with E-state index in [1.807, 2.05) is 49.3 Å². The fourth-order valence-electron chi connectivity index (χ4n) is 2.21. The summed E-state index contributed by atoms with van der Waals surface area (Å²) in [4.78, 5) is 16.3. The minimum Gasteiger partial charge on any atom is -0.481 e. The third-order valence-electron chi connectivity index (χ3n) is 3.57. The lowest BCUT2D eigenvalue weighted by molar-refractivity contribution is -0.134. The molecule has 0 saturated heterocycles. The first-order valence-electron chi connectivity index (χ1n) is 7.90. The van der Waals surface area contributed by atoms with Gasteiger partial charge in [-0.2, -0.15) is 0 Å². The Morgan fingerprint density at radius 3 is 2.33 bits per heavy atom. The van der Waals surface area contributed by atoms with Crippen molar-refractivity contribution in [1.82, 2.24) is 9.80 Å². The zero-order valence-electron chi connectivity index (χ0n) is 14.1. The molecule has 0 aliphatic heterocycles. The van der Waals surface area contributed by atoms with E-state index < -0.39 is 5.82 Å². The zero-order chi connectivity index (χ0) is 17.4. The number of nitrogens with zero attached hydrogens (tertiary/aromatic N) is 2. The standard InChI is InChI=1S/C19H23FN2O2/c1-21(2)12-13-22(14-16-8-4-3-5-9-16)19(23)15-24-18-11-7-6-10-17(18)20/h3-11H,12-15H2,1-2H3. The van der Waals surface area contributed by atoms with Crippen molar-refractivity contribution in [2.24, 2.45) is 0 Å². The van der Waals surface area contributed by atoms with Gasteiger partial charge in [0.05, 0.1) is 0 Å². The van der Waals surface area contributed by atoms with Crippen LogP contribution in [0.4, 0.5) is 4.39 Å². The molecule has 1 amide bonds. The lowest BCUT2D eigenvalue weighted by Gasteiger charge is -2.24. The van der Waals surface area contributed by atoms with Gasteiger partial charge in [-0.05, 0) is 31.8 Å². The monoisotopic (exact) mass is 330 g/mol. The molecule has 0 heterocycles. The molecule has 24 heavy (non-hydrogen) atoms. The molecule has 128 valence electrons. The summed E-state index contributed by atoms with van der Waals surface area (Å²) >= 11 is 0. The molecule has 2 aromatic rings. The van der Waals surface area contributed by atoms with Gasteiger partial charge in [-0.25, -0.2) is 4.39 Å². The van der Waals surface area contributed by atoms with E-state index in [-0.39, 0.29) is 18.3 Å². The molecule has 2 rings (SSSR count). The highest BCUT2D eigenvalue weighted by Crippen LogP contribution is 2.15. The lowest BCUT2D eigenvalue weighted by Crippen LogP contribution is -2.39. The summed E-state index contributed by atoms with van der Waals surface area (Å²) in [6.45, 7) is 1.66. The van der Waals surface area contributed by atoms with Gasteiger partial charge < -0.3 is 14.5 Å². The minimum absolute atomic E-state index is 0.0955. The van der Waals surface area contributed by atoms with Crippen molar-refractivity contribution < 1.29 is 13.9 Å². The molecule has 0 N–H and O–H groups in total. The molecule has 2 aromatic carbocycles. The molecule has 0 bridgehead atoms. The maximum Gasteiger partial charge on any atom is 0.260 e. The van der Waals surface area contributed by atoms with Crippen LogP contribution in [0.5, 0.6) is 5.75 Å². The molecule has 0 aliphatic carbocycles. The molecule has 0 fully saturated rings. The molecular formula is C19H23FN2O2. The van der Waals surface area contributed by atoms with Gasteiger partial charge in [-0.15, -0.1) is 0 Å². The Bertz CT molecular complexity index is 647. The van der Waals surface area contributed by atoms with Gasteiger partial charge in [0.25, 0.3) is 5.91 Å². The van der Waals surface area contributed by atoms with E-state index in [1.165, 1.54) is 12.1 Å². The Kier molecular flexibility index (Phi) is 6.75. The summed E-state index contributed by atoms with van der Waals surface area (Å²) < 4.78 is 18.9. The number of hydrogen-bond acceptors (Lipinski definition) is 3. The molecule has 0 unspecified atom stereocenters. The van der Waals surface area contributed by atoms with Gasteiger partial charge in [0.15, 0.2) is 18.2 Å². The quantitative estimate of drug-likeness (QED) is 0.746. The Morgan fingerprint density at radius 2 is 1.67 bits per heavy atom. The van der Waals surface area contributed by atoms with Crippen LogP contribution in [0.25, 0.3) is 0 Å². The SMILES string of the molecule is CN(C)CCN(Cc1ccccc1)C(=O)COc1ccccc1F. The third kappa shape index (κ3) is 5.66. The number of rotatable bonds is 8. The van der Waals surface area contributed by atoms with Gasteiger partial charge in [0, 0.05) is 19.6 Å². The molecule has 0 spiro atoms. The summed E-state index contributed by atoms with van der Waals surface area (Å²) in [6, 6.07) is 15.9. The van der Waals surface area contributed by atoms with Crippen LogP contribution in [-0.4, -0.2) is 49.5 Å². The van der Waals surface area contributed by atoms with Gasteiger partial charge in [0.2, 0.25) is 0 Å². The van der Waals surface area contributed by atoms with Crippen molar-refractivity contribution >= 4 is 5.91 Å². The first-order valence-corrected chi connectivity index (χ1v) is 7.90. The predicted molar refractivity (Wildman–Crippen MR) is 92.3 cm³/mol. The van der Waals surface area contributed by atoms with E-state index in [2.05, 4.69) is 0 Å². The average molecular weight is 330 g/mol. The number of amides is 1. The van der Waals surface area contributed by atoms with Crippen molar-refractivity contribution in [3.8, 4) is 5.75 Å². The number of hydrogen-bond donors (Lipinski definition) is 0. The molecule has 0 atom stereocenters. The maximum absolute atomic E-state index is 13.6. The molecule has 0 aliphatic rings. The summed E-state index contributed by atoms with van der Waals surface area (Å²) in [7, 11) is 3.92. The van der Waals surface area contributed by atoms with Crippen LogP contribution in [0.1, 0.15) is 5.56 Å². The van der Waals surface area contributed by atoms with E-state index in [1.54, 1.807) is 17.0 Å². The van der Waals surface area contributed by atoms with Gasteiger partial charge in [0.1, 0.15) is 0 Å². The van der Waals surface area contributed by atoms with E-state index in [0.717, 1.165) is 12.1 Å². The molecule has 0 aromatic heterocycles. The molecular weight excluding hydrogens is 307 g/mol. The summed E-state index contributed by atoms with van der Waals surface area (Å²) in [6.07, 6.45) is 0. The Morgan fingerprint density at radius 1 is 1.00 bits per heavy atom. The molecule has 0 saturated carbocycles. The largest absolute Gasteiger partial charge is 0.481 e. The summed E-state index contributed by atoms with van der Waals surface area (Å²) in [5, 5.41) is 0. The van der Waals surface area contributed by atoms with Crippen molar-refractivity contribution in [1.29, 1.82) is 0 Å². The predicted octanol–water partition coefficient (Wildman–Crippen LogP) is 2.79. The van der Waals surface area contributed by atoms with Crippen LogP contribution in [0.15, 0.2) is 54.6 Å². The first-order chi connectivity index (χ1) is 11.6. The van der Waals surface area contributed by atoms with E-state index in [0.29, 0.717) is 13.1 Å². The molecule has 4 nitrogen and oxygen atoms in total. The summed E-state index contributed by atoms with van der Waals surface area (Å²) in [5.74, 6) is -0.532. The van der Waals surface area contributed by atoms with Gasteiger partial charge >= 0.3 is 0 Å². The fraction of sp³-hybridized carbons (Fsp3) is 0.316. The van der Waals surface area contributed by atoms with E-state index in [9.17, 15) is 9.18 Å². The van der Waals surface area contributed by atoms with E-state index in [4.69, 9.17) is 4.74 Å². The molecule has 5 heteroatoms. The first kappa shape index (κ1) is 17.9. The van der Waals surface area contributed by atoms with Crippen LogP contribution in [0.2, 0.25) is 0 Å². The fourth-order valence-corrected chi connectivity index (χ4v) is 2.21. The second kappa shape index (κ2) is 9.03. The number of likely N-dealkylation sites (N-methyl/N-ethyl adjacent to an activating group) is 1. The van der Waals surface area contributed by atoms with Crippen LogP contribution in [0, 0.1) is 5.82 Å². The van der Waals surface area contributed by atoms with Crippen LogP contribution in [-0.2, 0) is 11.3 Å². The van der Waals surface area contributed by atoms with Gasteiger partial charge in [-0.3, -0.25) is 4.79 Å². The number of carbonyl (C=O) groups excluding carboxylic acids is 1. The normalized spacial score (nSPS) is 10.7. The molecule has 0 radical (unpaired) electrons. The summed E-state index contributed by atoms with van der Waals surface area (Å²) in [5.41, 5.74) is 1.05. The second-order valence-corrected chi connectivity index (χ2v) is 5.82. The number of carbonyl (C=O) groups is 1. The number of halogens is 1. The van der Waals surface area contributed by atoms with Crippen molar-refractivity contribution in [2.75, 3.05) is 33.8 Å². The lowest BCUT2D eigenvalue weighted by atomic mass is 10.2. The van der Waals surface area contributed by atoms with E-state index >= 15 is 0 Å². The highest BCUT2D eigenvalue weighted by molar-refractivity contribution is 5.77. The van der Waals surface area contributed by atoms with Crippen LogP contribution < -0.4 is 4.74 Å². The van der Waals surface area contributed by atoms with Gasteiger partial charge in [-0.1, -0.05) is 42.5 Å². The maximum atomic E-state index is 13.6. The number of ether oxygens (including phenoxy) is 1. The second-order valence-electron chi connectivity index (χ2n) is 5.82. The Balaban J connectivity index is 1.99. The number of para-hydroxylation sites is 1. The highest BCUT2D eigenvalue weighted by atomic mass is 19.1.